The van der Waals surface area contributed by atoms with Gasteiger partial charge in [-0.25, -0.2) is 4.98 Å². The lowest BCUT2D eigenvalue weighted by Gasteiger charge is -2.36. The van der Waals surface area contributed by atoms with E-state index in [-0.39, 0.29) is 12.1 Å². The first-order valence-corrected chi connectivity index (χ1v) is 10.6. The molecule has 4 N–H and O–H groups in total. The normalized spacial score (nSPS) is 28.7. The molecule has 0 amide bonds. The van der Waals surface area contributed by atoms with Crippen molar-refractivity contribution in [3.05, 3.63) is 18.3 Å². The zero-order chi connectivity index (χ0) is 20.4. The van der Waals surface area contributed by atoms with Gasteiger partial charge in [0.2, 0.25) is 0 Å². The lowest BCUT2D eigenvalue weighted by Crippen LogP contribution is -2.44. The lowest BCUT2D eigenvalue weighted by atomic mass is 10.1. The van der Waals surface area contributed by atoms with Gasteiger partial charge in [0.05, 0.1) is 42.6 Å². The highest BCUT2D eigenvalue weighted by molar-refractivity contribution is 6.00. The predicted octanol–water partition coefficient (Wildman–Crippen LogP) is 0.910. The maximum atomic E-state index is 10.3. The zero-order valence-corrected chi connectivity index (χ0v) is 16.9. The van der Waals surface area contributed by atoms with Crippen molar-refractivity contribution in [1.82, 2.24) is 25.0 Å². The Hall–Kier alpha value is -2.85. The molecule has 3 aliphatic rings. The lowest BCUT2D eigenvalue weighted by molar-refractivity contribution is 0.0985. The number of fused-ring (bicyclic) bond motifs is 3. The number of nitrogens with zero attached hydrogens (tertiary/aromatic N) is 6. The molecule has 2 bridgehead atoms. The summed E-state index contributed by atoms with van der Waals surface area (Å²) >= 11 is 0. The summed E-state index contributed by atoms with van der Waals surface area (Å²) in [5.74, 6) is 2.39. The summed E-state index contributed by atoms with van der Waals surface area (Å²) in [7, 11) is 0. The molecule has 0 spiro atoms. The number of aliphatic hydroxyl groups excluding tert-OH is 1. The van der Waals surface area contributed by atoms with Crippen LogP contribution in [0.4, 0.5) is 17.3 Å². The SMILES string of the molecule is C[C@@H]1COCCN1c1cc(N2C[C@@H]3C[C@H]2C[C@@H]3O)c2c(N)nn(-c3ccn[nH]3)c2n1. The number of anilines is 3. The Labute approximate surface area is 173 Å². The van der Waals surface area contributed by atoms with Gasteiger partial charge in [-0.3, -0.25) is 5.10 Å². The van der Waals surface area contributed by atoms with E-state index < -0.39 is 0 Å². The molecule has 3 aromatic heterocycles. The molecule has 2 aliphatic heterocycles. The molecule has 158 valence electrons. The number of ether oxygens (including phenoxy) is 1. The first kappa shape index (κ1) is 18.0. The third-order valence-electron chi connectivity index (χ3n) is 6.82. The molecule has 5 heterocycles. The summed E-state index contributed by atoms with van der Waals surface area (Å²) in [5, 5.41) is 22.7. The average Bonchev–Trinajstić information content (AvgIpc) is 3.51. The number of pyridine rings is 1. The minimum atomic E-state index is -0.202. The maximum Gasteiger partial charge on any atom is 0.171 e. The quantitative estimate of drug-likeness (QED) is 0.583. The molecule has 4 atom stereocenters. The second-order valence-corrected chi connectivity index (χ2v) is 8.66. The molecule has 3 aromatic rings. The first-order chi connectivity index (χ1) is 14.6. The van der Waals surface area contributed by atoms with Crippen molar-refractivity contribution in [2.75, 3.05) is 41.8 Å². The van der Waals surface area contributed by atoms with Gasteiger partial charge in [-0.2, -0.15) is 9.78 Å². The number of morpholine rings is 1. The number of nitrogens with one attached hydrogen (secondary N) is 1. The van der Waals surface area contributed by atoms with Crippen LogP contribution in [0.1, 0.15) is 19.8 Å². The fourth-order valence-corrected chi connectivity index (χ4v) is 5.31. The number of nitrogen functional groups attached to an aromatic ring is 1. The largest absolute Gasteiger partial charge is 0.393 e. The van der Waals surface area contributed by atoms with Crippen LogP contribution in [0.25, 0.3) is 16.9 Å². The number of aromatic nitrogens is 5. The third-order valence-corrected chi connectivity index (χ3v) is 6.82. The monoisotopic (exact) mass is 410 g/mol. The van der Waals surface area contributed by atoms with E-state index in [9.17, 15) is 5.11 Å². The van der Waals surface area contributed by atoms with Crippen LogP contribution in [0.15, 0.2) is 18.3 Å². The van der Waals surface area contributed by atoms with E-state index in [4.69, 9.17) is 15.5 Å². The maximum absolute atomic E-state index is 10.3. The van der Waals surface area contributed by atoms with E-state index in [0.29, 0.717) is 36.6 Å². The number of nitrogens with two attached hydrogens (primary N) is 1. The second kappa shape index (κ2) is 6.58. The summed E-state index contributed by atoms with van der Waals surface area (Å²) in [4.78, 5) is 9.68. The van der Waals surface area contributed by atoms with Gasteiger partial charge in [-0.1, -0.05) is 0 Å². The van der Waals surface area contributed by atoms with E-state index in [1.54, 1.807) is 10.9 Å². The van der Waals surface area contributed by atoms with Crippen molar-refractivity contribution in [3.8, 4) is 5.82 Å². The number of rotatable bonds is 3. The Morgan fingerprint density at radius 3 is 2.90 bits per heavy atom. The molecule has 0 unspecified atom stereocenters. The molecule has 2 saturated heterocycles. The van der Waals surface area contributed by atoms with E-state index in [2.05, 4.69) is 38.1 Å². The van der Waals surface area contributed by atoms with Gasteiger partial charge in [0.15, 0.2) is 17.3 Å². The molecule has 6 rings (SSSR count). The molecule has 10 nitrogen and oxygen atoms in total. The Kier molecular flexibility index (Phi) is 3.94. The number of aromatic amines is 1. The van der Waals surface area contributed by atoms with Crippen molar-refractivity contribution in [2.24, 2.45) is 5.92 Å². The molecule has 1 aliphatic carbocycles. The molecule has 30 heavy (non-hydrogen) atoms. The Balaban J connectivity index is 1.54. The van der Waals surface area contributed by atoms with Gasteiger partial charge in [0.1, 0.15) is 5.82 Å². The topological polar surface area (TPSA) is 121 Å². The van der Waals surface area contributed by atoms with Crippen LogP contribution in [0, 0.1) is 5.92 Å². The van der Waals surface area contributed by atoms with Gasteiger partial charge >= 0.3 is 0 Å². The minimum Gasteiger partial charge on any atom is -0.393 e. The molecule has 10 heteroatoms. The van der Waals surface area contributed by atoms with E-state index in [1.165, 1.54) is 0 Å². The van der Waals surface area contributed by atoms with E-state index in [1.807, 2.05) is 6.07 Å². The van der Waals surface area contributed by atoms with Crippen molar-refractivity contribution in [2.45, 2.75) is 38.0 Å². The predicted molar refractivity (Wildman–Crippen MR) is 113 cm³/mol. The molecular formula is C20H26N8O2. The summed E-state index contributed by atoms with van der Waals surface area (Å²) in [6.45, 7) is 5.13. The average molecular weight is 410 g/mol. The fraction of sp³-hybridized carbons (Fsp3) is 0.550. The third kappa shape index (κ3) is 2.60. The van der Waals surface area contributed by atoms with Crippen molar-refractivity contribution < 1.29 is 9.84 Å². The van der Waals surface area contributed by atoms with Gasteiger partial charge in [-0.05, 0) is 19.8 Å². The van der Waals surface area contributed by atoms with E-state index in [0.717, 1.165) is 48.6 Å². The Morgan fingerprint density at radius 1 is 1.30 bits per heavy atom. The highest BCUT2D eigenvalue weighted by Crippen LogP contribution is 2.44. The van der Waals surface area contributed by atoms with Crippen LogP contribution in [-0.2, 0) is 4.74 Å². The van der Waals surface area contributed by atoms with Crippen molar-refractivity contribution >= 4 is 28.4 Å². The second-order valence-electron chi connectivity index (χ2n) is 8.66. The highest BCUT2D eigenvalue weighted by Gasteiger charge is 2.45. The standard InChI is InChI=1S/C20H26N8O2/c1-11-10-30-5-4-26(11)17-8-14(27-9-12-6-13(27)7-15(12)29)18-19(21)25-28(20(18)23-17)16-2-3-22-24-16/h2-3,8,11-13,15,29H,4-7,9-10H2,1H3,(H2,21,25)(H,22,24)/t11-,12+,13+,15+/m1/s1. The summed E-state index contributed by atoms with van der Waals surface area (Å²) in [6.07, 6.45) is 3.30. The van der Waals surface area contributed by atoms with Gasteiger partial charge in [0, 0.05) is 37.2 Å². The molecule has 0 radical (unpaired) electrons. The summed E-state index contributed by atoms with van der Waals surface area (Å²) in [6, 6.07) is 4.55. The number of hydrogen-bond donors (Lipinski definition) is 3. The summed E-state index contributed by atoms with van der Waals surface area (Å²) in [5.41, 5.74) is 8.18. The van der Waals surface area contributed by atoms with Gasteiger partial charge in [0.25, 0.3) is 0 Å². The molecule has 1 saturated carbocycles. The van der Waals surface area contributed by atoms with E-state index >= 15 is 0 Å². The molecular weight excluding hydrogens is 384 g/mol. The van der Waals surface area contributed by atoms with Crippen LogP contribution in [0.5, 0.6) is 0 Å². The van der Waals surface area contributed by atoms with Crippen molar-refractivity contribution in [1.29, 1.82) is 0 Å². The zero-order valence-electron chi connectivity index (χ0n) is 16.9. The number of hydrogen-bond acceptors (Lipinski definition) is 8. The number of piperidine rings is 1. The van der Waals surface area contributed by atoms with Crippen LogP contribution in [0.3, 0.4) is 0 Å². The molecule has 0 aromatic carbocycles. The van der Waals surface area contributed by atoms with Gasteiger partial charge in [-0.15, -0.1) is 5.10 Å². The molecule has 3 fully saturated rings. The first-order valence-electron chi connectivity index (χ1n) is 10.6. The van der Waals surface area contributed by atoms with Crippen LogP contribution >= 0.6 is 0 Å². The highest BCUT2D eigenvalue weighted by atomic mass is 16.5. The minimum absolute atomic E-state index is 0.202. The summed E-state index contributed by atoms with van der Waals surface area (Å²) < 4.78 is 7.37. The fourth-order valence-electron chi connectivity index (χ4n) is 5.31. The Morgan fingerprint density at radius 2 is 2.20 bits per heavy atom. The van der Waals surface area contributed by atoms with Crippen LogP contribution in [0.2, 0.25) is 0 Å². The Bertz CT molecular complexity index is 1080. The number of aliphatic hydroxyl groups is 1. The van der Waals surface area contributed by atoms with Crippen molar-refractivity contribution in [3.63, 3.8) is 0 Å². The van der Waals surface area contributed by atoms with Crippen LogP contribution in [-0.4, -0.2) is 74.6 Å². The number of H-pyrrole nitrogens is 1. The smallest absolute Gasteiger partial charge is 0.171 e. The van der Waals surface area contributed by atoms with Gasteiger partial charge < -0.3 is 25.4 Å². The van der Waals surface area contributed by atoms with Crippen LogP contribution < -0.4 is 15.5 Å².